The number of nitrogens with zero attached hydrogens (tertiary/aromatic N) is 2. The molecular formula is C15H18N4. The van der Waals surface area contributed by atoms with Gasteiger partial charge in [0, 0.05) is 36.2 Å². The van der Waals surface area contributed by atoms with Crippen molar-refractivity contribution in [1.82, 2.24) is 9.88 Å². The highest BCUT2D eigenvalue weighted by Crippen LogP contribution is 2.28. The normalized spacial score (nSPS) is 15.5. The lowest BCUT2D eigenvalue weighted by Gasteiger charge is -2.27. The molecule has 0 saturated carbocycles. The first kappa shape index (κ1) is 12.1. The molecule has 0 fully saturated rings. The Morgan fingerprint density at radius 1 is 1.42 bits per heavy atom. The number of benzene rings is 1. The number of aryl methyl sites for hydroxylation is 1. The van der Waals surface area contributed by atoms with Crippen LogP contribution in [-0.4, -0.2) is 29.3 Å². The highest BCUT2D eigenvalue weighted by molar-refractivity contribution is 6.08. The molecule has 4 nitrogen and oxygen atoms in total. The number of pyridine rings is 1. The van der Waals surface area contributed by atoms with Crippen molar-refractivity contribution in [2.24, 2.45) is 5.73 Å². The van der Waals surface area contributed by atoms with Crippen molar-refractivity contribution < 1.29 is 0 Å². The Morgan fingerprint density at radius 3 is 2.95 bits per heavy atom. The van der Waals surface area contributed by atoms with Gasteiger partial charge in [-0.05, 0) is 25.1 Å². The van der Waals surface area contributed by atoms with Crippen LogP contribution in [-0.2, 0) is 13.0 Å². The zero-order valence-electron chi connectivity index (χ0n) is 11.3. The van der Waals surface area contributed by atoms with Gasteiger partial charge in [0.25, 0.3) is 0 Å². The van der Waals surface area contributed by atoms with E-state index in [0.717, 1.165) is 52.8 Å². The topological polar surface area (TPSA) is 66.0 Å². The molecule has 1 aromatic heterocycles. The van der Waals surface area contributed by atoms with Gasteiger partial charge in [0.2, 0.25) is 0 Å². The minimum Gasteiger partial charge on any atom is -0.384 e. The summed E-state index contributed by atoms with van der Waals surface area (Å²) in [5.41, 5.74) is 11.1. The van der Waals surface area contributed by atoms with Gasteiger partial charge in [0.15, 0.2) is 0 Å². The van der Waals surface area contributed by atoms with E-state index in [1.807, 2.05) is 12.1 Å². The van der Waals surface area contributed by atoms with Gasteiger partial charge < -0.3 is 10.6 Å². The van der Waals surface area contributed by atoms with Crippen molar-refractivity contribution in [3.8, 4) is 0 Å². The van der Waals surface area contributed by atoms with Crippen LogP contribution in [0, 0.1) is 12.3 Å². The molecule has 0 saturated heterocycles. The average Bonchev–Trinajstić information content (AvgIpc) is 2.36. The van der Waals surface area contributed by atoms with E-state index in [4.69, 9.17) is 16.1 Å². The molecule has 0 bridgehead atoms. The number of likely N-dealkylation sites (N-methyl/N-ethyl adjacent to an activating group) is 1. The summed E-state index contributed by atoms with van der Waals surface area (Å²) in [5.74, 6) is 0.143. The summed E-state index contributed by atoms with van der Waals surface area (Å²) in [4.78, 5) is 7.06. The zero-order chi connectivity index (χ0) is 13.6. The lowest BCUT2D eigenvalue weighted by Crippen LogP contribution is -2.30. The highest BCUT2D eigenvalue weighted by Gasteiger charge is 2.22. The Balaban J connectivity index is 2.40. The van der Waals surface area contributed by atoms with Gasteiger partial charge in [0.05, 0.1) is 5.52 Å². The smallest absolute Gasteiger partial charge is 0.123 e. The molecule has 98 valence electrons. The van der Waals surface area contributed by atoms with E-state index in [2.05, 4.69) is 24.9 Å². The van der Waals surface area contributed by atoms with Crippen LogP contribution in [0.3, 0.4) is 0 Å². The second-order valence-corrected chi connectivity index (χ2v) is 5.28. The second-order valence-electron chi connectivity index (χ2n) is 5.28. The molecule has 1 aliphatic rings. The number of nitrogens with two attached hydrogens (primary N) is 1. The third kappa shape index (κ3) is 1.88. The Morgan fingerprint density at radius 2 is 2.21 bits per heavy atom. The molecule has 0 spiro atoms. The number of nitrogens with one attached hydrogen (secondary N) is 1. The standard InChI is InChI=1S/C15H18N4/c1-9-4-3-5-10-13(15(16)17)11-8-19(2)7-6-12(11)18-14(9)10/h3-5H,6-8H2,1-2H3,(H3,16,17). The van der Waals surface area contributed by atoms with Crippen molar-refractivity contribution in [2.75, 3.05) is 13.6 Å². The van der Waals surface area contributed by atoms with Crippen LogP contribution < -0.4 is 5.73 Å². The van der Waals surface area contributed by atoms with Crippen molar-refractivity contribution in [2.45, 2.75) is 19.9 Å². The zero-order valence-corrected chi connectivity index (χ0v) is 11.3. The molecule has 0 unspecified atom stereocenters. The molecule has 1 aliphatic heterocycles. The van der Waals surface area contributed by atoms with Crippen molar-refractivity contribution in [3.05, 3.63) is 40.6 Å². The number of amidine groups is 1. The van der Waals surface area contributed by atoms with Crippen molar-refractivity contribution in [1.29, 1.82) is 5.41 Å². The first-order valence-electron chi connectivity index (χ1n) is 6.52. The second kappa shape index (κ2) is 4.31. The fraction of sp³-hybridized carbons (Fsp3) is 0.333. The van der Waals surface area contributed by atoms with Gasteiger partial charge in [-0.1, -0.05) is 18.2 Å². The van der Waals surface area contributed by atoms with Crippen LogP contribution in [0.2, 0.25) is 0 Å². The number of para-hydroxylation sites is 1. The molecule has 3 N–H and O–H groups in total. The predicted molar refractivity (Wildman–Crippen MR) is 77.5 cm³/mol. The van der Waals surface area contributed by atoms with Gasteiger partial charge in [-0.15, -0.1) is 0 Å². The maximum absolute atomic E-state index is 7.93. The maximum Gasteiger partial charge on any atom is 0.123 e. The fourth-order valence-corrected chi connectivity index (χ4v) is 2.85. The number of nitrogen functional groups attached to an aromatic ring is 1. The van der Waals surface area contributed by atoms with Crippen LogP contribution in [0.4, 0.5) is 0 Å². The lowest BCUT2D eigenvalue weighted by atomic mass is 9.94. The summed E-state index contributed by atoms with van der Waals surface area (Å²) < 4.78 is 0. The van der Waals surface area contributed by atoms with Gasteiger partial charge in [-0.3, -0.25) is 10.4 Å². The predicted octanol–water partition coefficient (Wildman–Crippen LogP) is 1.82. The van der Waals surface area contributed by atoms with Crippen molar-refractivity contribution in [3.63, 3.8) is 0 Å². The summed E-state index contributed by atoms with van der Waals surface area (Å²) in [6.45, 7) is 3.89. The fourth-order valence-electron chi connectivity index (χ4n) is 2.85. The van der Waals surface area contributed by atoms with Crippen LogP contribution in [0.25, 0.3) is 10.9 Å². The average molecular weight is 254 g/mol. The van der Waals surface area contributed by atoms with E-state index in [9.17, 15) is 0 Å². The molecule has 2 aromatic rings. The first-order valence-corrected chi connectivity index (χ1v) is 6.52. The maximum atomic E-state index is 7.93. The Bertz CT molecular complexity index is 675. The Labute approximate surface area is 112 Å². The Hall–Kier alpha value is -1.94. The molecule has 1 aromatic carbocycles. The summed E-state index contributed by atoms with van der Waals surface area (Å²) in [6.07, 6.45) is 0.927. The first-order chi connectivity index (χ1) is 9.08. The van der Waals surface area contributed by atoms with Gasteiger partial charge in [-0.25, -0.2) is 0 Å². The van der Waals surface area contributed by atoms with Gasteiger partial charge >= 0.3 is 0 Å². The molecule has 19 heavy (non-hydrogen) atoms. The van der Waals surface area contributed by atoms with Crippen LogP contribution >= 0.6 is 0 Å². The largest absolute Gasteiger partial charge is 0.384 e. The number of rotatable bonds is 1. The number of hydrogen-bond acceptors (Lipinski definition) is 3. The Kier molecular flexibility index (Phi) is 2.75. The molecule has 0 atom stereocenters. The quantitative estimate of drug-likeness (QED) is 0.602. The number of hydrogen-bond donors (Lipinski definition) is 2. The molecule has 2 heterocycles. The number of aromatic nitrogens is 1. The highest BCUT2D eigenvalue weighted by atomic mass is 15.1. The third-order valence-electron chi connectivity index (χ3n) is 3.83. The van der Waals surface area contributed by atoms with E-state index in [1.54, 1.807) is 0 Å². The van der Waals surface area contributed by atoms with Gasteiger partial charge in [0.1, 0.15) is 5.84 Å². The molecule has 3 rings (SSSR count). The summed E-state index contributed by atoms with van der Waals surface area (Å²) >= 11 is 0. The van der Waals surface area contributed by atoms with E-state index in [1.165, 1.54) is 0 Å². The van der Waals surface area contributed by atoms with Crippen LogP contribution in [0.5, 0.6) is 0 Å². The third-order valence-corrected chi connectivity index (χ3v) is 3.83. The van der Waals surface area contributed by atoms with E-state index in [0.29, 0.717) is 0 Å². The summed E-state index contributed by atoms with van der Waals surface area (Å²) in [6, 6.07) is 6.08. The summed E-state index contributed by atoms with van der Waals surface area (Å²) in [5, 5.41) is 8.93. The van der Waals surface area contributed by atoms with Crippen molar-refractivity contribution >= 4 is 16.7 Å². The van der Waals surface area contributed by atoms with Crippen LogP contribution in [0.1, 0.15) is 22.4 Å². The van der Waals surface area contributed by atoms with E-state index >= 15 is 0 Å². The van der Waals surface area contributed by atoms with Crippen LogP contribution in [0.15, 0.2) is 18.2 Å². The minimum absolute atomic E-state index is 0.143. The number of fused-ring (bicyclic) bond motifs is 2. The lowest BCUT2D eigenvalue weighted by molar-refractivity contribution is 0.310. The SMILES string of the molecule is Cc1cccc2c(C(=N)N)c3c(nc12)CCN(C)C3. The molecular weight excluding hydrogens is 236 g/mol. The monoisotopic (exact) mass is 254 g/mol. The van der Waals surface area contributed by atoms with E-state index < -0.39 is 0 Å². The van der Waals surface area contributed by atoms with E-state index in [-0.39, 0.29) is 5.84 Å². The molecule has 0 aliphatic carbocycles. The minimum atomic E-state index is 0.143. The molecule has 0 radical (unpaired) electrons. The van der Waals surface area contributed by atoms with Gasteiger partial charge in [-0.2, -0.15) is 0 Å². The summed E-state index contributed by atoms with van der Waals surface area (Å²) in [7, 11) is 2.09. The molecule has 4 heteroatoms. The molecule has 0 amide bonds.